The summed E-state index contributed by atoms with van der Waals surface area (Å²) < 4.78 is 27.2. The molecule has 29 heavy (non-hydrogen) atoms. The van der Waals surface area contributed by atoms with Crippen LogP contribution in [-0.2, 0) is 0 Å². The minimum absolute atomic E-state index is 0.167. The first kappa shape index (κ1) is 18.7. The number of para-hydroxylation sites is 1. The molecule has 0 amide bonds. The molecule has 0 saturated heterocycles. The van der Waals surface area contributed by atoms with Gasteiger partial charge < -0.3 is 14.8 Å². The molecule has 1 N–H and O–H groups in total. The second-order valence-corrected chi connectivity index (χ2v) is 6.43. The molecule has 0 aliphatic carbocycles. The van der Waals surface area contributed by atoms with Crippen LogP contribution in [0.1, 0.15) is 11.3 Å². The Labute approximate surface area is 167 Å². The molecule has 0 bridgehead atoms. The van der Waals surface area contributed by atoms with Crippen molar-refractivity contribution in [2.45, 2.75) is 13.8 Å². The van der Waals surface area contributed by atoms with Crippen molar-refractivity contribution < 1.29 is 13.9 Å². The number of nitrogens with zero attached hydrogens (tertiary/aromatic N) is 4. The lowest BCUT2D eigenvalue weighted by atomic mass is 10.2. The topological polar surface area (TPSA) is 73.6 Å². The van der Waals surface area contributed by atoms with E-state index in [9.17, 15) is 4.39 Å². The predicted octanol–water partition coefficient (Wildman–Crippen LogP) is 4.16. The zero-order valence-corrected chi connectivity index (χ0v) is 16.1. The van der Waals surface area contributed by atoms with Gasteiger partial charge in [0.1, 0.15) is 30.3 Å². The zero-order valence-electron chi connectivity index (χ0n) is 16.1. The lowest BCUT2D eigenvalue weighted by molar-refractivity contribution is 0.313. The fourth-order valence-electron chi connectivity index (χ4n) is 2.86. The highest BCUT2D eigenvalue weighted by Gasteiger charge is 2.11. The van der Waals surface area contributed by atoms with Crippen LogP contribution in [0.3, 0.4) is 0 Å². The quantitative estimate of drug-likeness (QED) is 0.475. The fraction of sp³-hybridized carbons (Fsp3) is 0.190. The molecule has 4 aromatic rings. The summed E-state index contributed by atoms with van der Waals surface area (Å²) in [6.07, 6.45) is 1.46. The summed E-state index contributed by atoms with van der Waals surface area (Å²) in [5.74, 6) is 2.06. The van der Waals surface area contributed by atoms with E-state index in [2.05, 4.69) is 20.4 Å². The van der Waals surface area contributed by atoms with E-state index >= 15 is 0 Å². The Kier molecular flexibility index (Phi) is 5.24. The molecule has 0 atom stereocenters. The molecule has 0 saturated carbocycles. The summed E-state index contributed by atoms with van der Waals surface area (Å²) in [6.45, 7) is 4.60. The van der Waals surface area contributed by atoms with Gasteiger partial charge in [0, 0.05) is 17.3 Å². The number of nitrogens with one attached hydrogen (secondary N) is 1. The minimum Gasteiger partial charge on any atom is -0.489 e. The maximum absolute atomic E-state index is 14.3. The normalized spacial score (nSPS) is 10.9. The maximum atomic E-state index is 14.3. The van der Waals surface area contributed by atoms with Crippen molar-refractivity contribution in [3.8, 4) is 17.2 Å². The highest BCUT2D eigenvalue weighted by atomic mass is 19.1. The van der Waals surface area contributed by atoms with Gasteiger partial charge in [-0.2, -0.15) is 14.6 Å². The Balaban J connectivity index is 1.37. The van der Waals surface area contributed by atoms with Gasteiger partial charge in [-0.15, -0.1) is 0 Å². The van der Waals surface area contributed by atoms with Gasteiger partial charge >= 0.3 is 0 Å². The van der Waals surface area contributed by atoms with Gasteiger partial charge in [-0.3, -0.25) is 0 Å². The Hall–Kier alpha value is -3.68. The highest BCUT2D eigenvalue weighted by Crippen LogP contribution is 2.26. The third-order valence-electron chi connectivity index (χ3n) is 4.44. The first-order valence-corrected chi connectivity index (χ1v) is 9.18. The number of benzene rings is 2. The minimum atomic E-state index is -0.479. The van der Waals surface area contributed by atoms with Crippen LogP contribution in [0.4, 0.5) is 10.2 Å². The maximum Gasteiger partial charge on any atom is 0.254 e. The third kappa shape index (κ3) is 4.11. The number of aryl methyl sites for hydroxylation is 1. The van der Waals surface area contributed by atoms with E-state index in [0.29, 0.717) is 23.8 Å². The number of halogens is 1. The molecule has 0 unspecified atom stereocenters. The average Bonchev–Trinajstić information content (AvgIpc) is 3.18. The molecule has 2 aromatic carbocycles. The molecule has 0 spiro atoms. The van der Waals surface area contributed by atoms with Crippen LogP contribution in [0.25, 0.3) is 5.78 Å². The lowest BCUT2D eigenvalue weighted by Crippen LogP contribution is -2.16. The number of anilines is 1. The molecule has 2 heterocycles. The summed E-state index contributed by atoms with van der Waals surface area (Å²) in [5.41, 5.74) is 1.84. The average molecular weight is 393 g/mol. The number of hydrogen-bond donors (Lipinski definition) is 1. The standard InChI is InChI=1S/C21H20FN5O2/c1-14-15(2)26-21-24-13-25-27(21)20(14)23-10-11-28-19-9-8-17(12-18(19)22)29-16-6-4-3-5-7-16/h3-9,12-13,23H,10-11H2,1-2H3. The highest BCUT2D eigenvalue weighted by molar-refractivity contribution is 5.51. The van der Waals surface area contributed by atoms with Crippen molar-refractivity contribution >= 4 is 11.6 Å². The van der Waals surface area contributed by atoms with E-state index in [1.165, 1.54) is 12.4 Å². The Bertz CT molecular complexity index is 1130. The van der Waals surface area contributed by atoms with Gasteiger partial charge in [-0.25, -0.2) is 9.37 Å². The Morgan fingerprint density at radius 3 is 2.69 bits per heavy atom. The summed E-state index contributed by atoms with van der Waals surface area (Å²) in [7, 11) is 0. The van der Waals surface area contributed by atoms with E-state index in [0.717, 1.165) is 17.1 Å². The third-order valence-corrected chi connectivity index (χ3v) is 4.44. The molecule has 7 nitrogen and oxygen atoms in total. The summed E-state index contributed by atoms with van der Waals surface area (Å²) in [6, 6.07) is 13.8. The van der Waals surface area contributed by atoms with Crippen LogP contribution in [0.2, 0.25) is 0 Å². The van der Waals surface area contributed by atoms with Gasteiger partial charge in [0.2, 0.25) is 0 Å². The molecule has 0 radical (unpaired) electrons. The fourth-order valence-corrected chi connectivity index (χ4v) is 2.86. The molecule has 8 heteroatoms. The van der Waals surface area contributed by atoms with Crippen LogP contribution in [-0.4, -0.2) is 32.7 Å². The van der Waals surface area contributed by atoms with E-state index in [4.69, 9.17) is 9.47 Å². The number of fused-ring (bicyclic) bond motifs is 1. The molecule has 2 aromatic heterocycles. The van der Waals surface area contributed by atoms with Crippen molar-refractivity contribution in [2.24, 2.45) is 0 Å². The monoisotopic (exact) mass is 393 g/mol. The van der Waals surface area contributed by atoms with Crippen molar-refractivity contribution in [3.63, 3.8) is 0 Å². The molecule has 4 rings (SSSR count). The van der Waals surface area contributed by atoms with Crippen molar-refractivity contribution in [1.29, 1.82) is 0 Å². The largest absolute Gasteiger partial charge is 0.489 e. The van der Waals surface area contributed by atoms with Crippen molar-refractivity contribution in [2.75, 3.05) is 18.5 Å². The number of aromatic nitrogens is 4. The van der Waals surface area contributed by atoms with E-state index in [-0.39, 0.29) is 12.4 Å². The van der Waals surface area contributed by atoms with E-state index < -0.39 is 5.82 Å². The van der Waals surface area contributed by atoms with Gasteiger partial charge in [0.15, 0.2) is 11.6 Å². The molecule has 0 aliphatic heterocycles. The van der Waals surface area contributed by atoms with Crippen molar-refractivity contribution in [3.05, 3.63) is 71.9 Å². The van der Waals surface area contributed by atoms with Crippen LogP contribution >= 0.6 is 0 Å². The Morgan fingerprint density at radius 1 is 1.07 bits per heavy atom. The SMILES string of the molecule is Cc1nc2ncnn2c(NCCOc2ccc(Oc3ccccc3)cc2F)c1C. The smallest absolute Gasteiger partial charge is 0.254 e. The molecular weight excluding hydrogens is 373 g/mol. The number of ether oxygens (including phenoxy) is 2. The second-order valence-electron chi connectivity index (χ2n) is 6.43. The van der Waals surface area contributed by atoms with Crippen LogP contribution in [0.15, 0.2) is 54.9 Å². The van der Waals surface area contributed by atoms with Crippen LogP contribution in [0.5, 0.6) is 17.2 Å². The van der Waals surface area contributed by atoms with Gasteiger partial charge in [0.05, 0.1) is 6.54 Å². The van der Waals surface area contributed by atoms with E-state index in [1.54, 1.807) is 16.6 Å². The van der Waals surface area contributed by atoms with Gasteiger partial charge in [-0.1, -0.05) is 18.2 Å². The van der Waals surface area contributed by atoms with Crippen LogP contribution < -0.4 is 14.8 Å². The molecule has 148 valence electrons. The second kappa shape index (κ2) is 8.14. The van der Waals surface area contributed by atoms with Gasteiger partial charge in [0.25, 0.3) is 5.78 Å². The predicted molar refractivity (Wildman–Crippen MR) is 107 cm³/mol. The Morgan fingerprint density at radius 2 is 1.90 bits per heavy atom. The van der Waals surface area contributed by atoms with Crippen molar-refractivity contribution in [1.82, 2.24) is 19.6 Å². The summed E-state index contributed by atoms with van der Waals surface area (Å²) in [4.78, 5) is 8.49. The first-order chi connectivity index (χ1) is 14.1. The number of rotatable bonds is 7. The molecule has 0 aliphatic rings. The molecule has 0 fully saturated rings. The summed E-state index contributed by atoms with van der Waals surface area (Å²) >= 11 is 0. The van der Waals surface area contributed by atoms with Crippen LogP contribution in [0, 0.1) is 19.7 Å². The lowest BCUT2D eigenvalue weighted by Gasteiger charge is -2.13. The van der Waals surface area contributed by atoms with Gasteiger partial charge in [-0.05, 0) is 38.1 Å². The zero-order chi connectivity index (χ0) is 20.2. The number of hydrogen-bond acceptors (Lipinski definition) is 6. The first-order valence-electron chi connectivity index (χ1n) is 9.18. The van der Waals surface area contributed by atoms with E-state index in [1.807, 2.05) is 44.2 Å². The summed E-state index contributed by atoms with van der Waals surface area (Å²) in [5, 5.41) is 7.45. The molecular formula is C21H20FN5O2.